The largest absolute Gasteiger partial charge is 0.291 e. The van der Waals surface area contributed by atoms with E-state index in [9.17, 15) is 0 Å². The van der Waals surface area contributed by atoms with Gasteiger partial charge in [-0.2, -0.15) is 0 Å². The minimum atomic E-state index is 0.493. The van der Waals surface area contributed by atoms with Crippen LogP contribution in [0.4, 0.5) is 0 Å². The van der Waals surface area contributed by atoms with Gasteiger partial charge in [0.05, 0.1) is 21.4 Å². The first kappa shape index (κ1) is 25.1. The number of pyridine rings is 2. The Morgan fingerprint density at radius 2 is 1.58 bits per heavy atom. The molecule has 5 aromatic carbocycles. The highest BCUT2D eigenvalue weighted by molar-refractivity contribution is 7.26. The van der Waals surface area contributed by atoms with E-state index in [-0.39, 0.29) is 0 Å². The molecular weight excluding hydrogens is 567 g/mol. The first-order chi connectivity index (χ1) is 22.2. The Labute approximate surface area is 263 Å². The Kier molecular flexibility index (Phi) is 5.20. The SMILES string of the molecule is CC1CC=Cc2cc3nc4c5sc6ccccc6c5cc(-c5ccc(-c6ccc7c(ccc8ccncc87)c6)cc5)n4c3cc21. The number of hydrogen-bond acceptors (Lipinski definition) is 3. The van der Waals surface area contributed by atoms with Crippen molar-refractivity contribution in [2.24, 2.45) is 0 Å². The molecule has 45 heavy (non-hydrogen) atoms. The molecule has 4 aromatic heterocycles. The van der Waals surface area contributed by atoms with Crippen molar-refractivity contribution in [3.05, 3.63) is 133 Å². The molecule has 10 rings (SSSR count). The zero-order chi connectivity index (χ0) is 29.6. The Hall–Kier alpha value is -5.32. The van der Waals surface area contributed by atoms with Gasteiger partial charge in [0.1, 0.15) is 0 Å². The van der Waals surface area contributed by atoms with Crippen molar-refractivity contribution in [2.75, 3.05) is 0 Å². The predicted molar refractivity (Wildman–Crippen MR) is 191 cm³/mol. The lowest BCUT2D eigenvalue weighted by molar-refractivity contribution is 0.773. The van der Waals surface area contributed by atoms with Crippen molar-refractivity contribution < 1.29 is 0 Å². The van der Waals surface area contributed by atoms with Gasteiger partial charge in [-0.05, 0) is 92.7 Å². The number of fused-ring (bicyclic) bond motifs is 11. The molecule has 0 aliphatic heterocycles. The highest BCUT2D eigenvalue weighted by Crippen LogP contribution is 2.42. The number of rotatable bonds is 2. The molecule has 4 heteroatoms. The van der Waals surface area contributed by atoms with Crippen molar-refractivity contribution >= 4 is 75.8 Å². The van der Waals surface area contributed by atoms with Gasteiger partial charge in [0.2, 0.25) is 0 Å². The molecule has 1 aliphatic carbocycles. The van der Waals surface area contributed by atoms with Gasteiger partial charge in [0.25, 0.3) is 0 Å². The second kappa shape index (κ2) is 9.34. The Balaban J connectivity index is 1.18. The molecule has 0 N–H and O–H groups in total. The van der Waals surface area contributed by atoms with Crippen molar-refractivity contribution in [3.8, 4) is 22.4 Å². The second-order valence-corrected chi connectivity index (χ2v) is 13.4. The van der Waals surface area contributed by atoms with Crippen LogP contribution in [0.2, 0.25) is 0 Å². The number of benzene rings is 5. The molecule has 1 atom stereocenters. The van der Waals surface area contributed by atoms with E-state index in [1.54, 1.807) is 0 Å². The second-order valence-electron chi connectivity index (χ2n) is 12.3. The number of aromatic nitrogens is 3. The van der Waals surface area contributed by atoms with E-state index in [1.807, 2.05) is 23.7 Å². The number of thiophene rings is 1. The van der Waals surface area contributed by atoms with Crippen LogP contribution >= 0.6 is 11.3 Å². The molecule has 0 amide bonds. The van der Waals surface area contributed by atoms with E-state index in [4.69, 9.17) is 4.98 Å². The number of hydrogen-bond donors (Lipinski definition) is 0. The predicted octanol–water partition coefficient (Wildman–Crippen LogP) is 11.4. The van der Waals surface area contributed by atoms with Crippen LogP contribution in [0.3, 0.4) is 0 Å². The zero-order valence-electron chi connectivity index (χ0n) is 24.7. The molecule has 0 fully saturated rings. The van der Waals surface area contributed by atoms with Gasteiger partial charge in [-0.25, -0.2) is 4.98 Å². The molecule has 0 saturated carbocycles. The number of nitrogens with zero attached hydrogens (tertiary/aromatic N) is 3. The summed E-state index contributed by atoms with van der Waals surface area (Å²) in [5.41, 5.74) is 10.7. The molecule has 9 aromatic rings. The molecule has 0 radical (unpaired) electrons. The summed E-state index contributed by atoms with van der Waals surface area (Å²) in [6.07, 6.45) is 9.45. The van der Waals surface area contributed by atoms with Gasteiger partial charge in [-0.1, -0.05) is 85.8 Å². The van der Waals surface area contributed by atoms with Gasteiger partial charge >= 0.3 is 0 Å². The molecular formula is C41H27N3S. The van der Waals surface area contributed by atoms with E-state index in [0.717, 1.165) is 17.6 Å². The quantitative estimate of drug-likeness (QED) is 0.187. The zero-order valence-corrected chi connectivity index (χ0v) is 25.5. The average Bonchev–Trinajstić information content (AvgIpc) is 3.65. The summed E-state index contributed by atoms with van der Waals surface area (Å²) in [7, 11) is 0. The van der Waals surface area contributed by atoms with Crippen molar-refractivity contribution in [1.29, 1.82) is 0 Å². The summed E-state index contributed by atoms with van der Waals surface area (Å²) in [5.74, 6) is 0.493. The lowest BCUT2D eigenvalue weighted by atomic mass is 9.88. The molecule has 3 nitrogen and oxygen atoms in total. The third-order valence-corrected chi connectivity index (χ3v) is 10.9. The fourth-order valence-corrected chi connectivity index (χ4v) is 8.51. The number of imidazole rings is 1. The minimum absolute atomic E-state index is 0.493. The maximum atomic E-state index is 5.31. The van der Waals surface area contributed by atoms with Gasteiger partial charge in [0.15, 0.2) is 5.65 Å². The van der Waals surface area contributed by atoms with Crippen molar-refractivity contribution in [2.45, 2.75) is 19.3 Å². The highest BCUT2D eigenvalue weighted by Gasteiger charge is 2.21. The Morgan fingerprint density at radius 3 is 2.51 bits per heavy atom. The molecule has 0 spiro atoms. The van der Waals surface area contributed by atoms with Crippen LogP contribution in [0.5, 0.6) is 0 Å². The van der Waals surface area contributed by atoms with E-state index < -0.39 is 0 Å². The molecule has 0 saturated heterocycles. The van der Waals surface area contributed by atoms with Crippen LogP contribution in [-0.2, 0) is 0 Å². The summed E-state index contributed by atoms with van der Waals surface area (Å²) < 4.78 is 4.95. The summed E-state index contributed by atoms with van der Waals surface area (Å²) in [4.78, 5) is 9.68. The fraction of sp³-hybridized carbons (Fsp3) is 0.0732. The summed E-state index contributed by atoms with van der Waals surface area (Å²) in [5, 5.41) is 7.43. The third kappa shape index (κ3) is 3.69. The first-order valence-electron chi connectivity index (χ1n) is 15.5. The normalized spacial score (nSPS) is 14.8. The van der Waals surface area contributed by atoms with Gasteiger partial charge < -0.3 is 0 Å². The molecule has 1 aliphatic rings. The van der Waals surface area contributed by atoms with Crippen LogP contribution in [0.15, 0.2) is 122 Å². The van der Waals surface area contributed by atoms with E-state index in [1.165, 1.54) is 80.7 Å². The highest BCUT2D eigenvalue weighted by atomic mass is 32.1. The van der Waals surface area contributed by atoms with Crippen LogP contribution in [0.1, 0.15) is 30.4 Å². The van der Waals surface area contributed by atoms with E-state index in [0.29, 0.717) is 5.92 Å². The van der Waals surface area contributed by atoms with Crippen LogP contribution in [0.25, 0.3) is 86.9 Å². The molecule has 212 valence electrons. The van der Waals surface area contributed by atoms with Crippen molar-refractivity contribution in [3.63, 3.8) is 0 Å². The molecule has 4 heterocycles. The van der Waals surface area contributed by atoms with Gasteiger partial charge in [0, 0.05) is 33.3 Å². The average molecular weight is 594 g/mol. The molecule has 0 bridgehead atoms. The molecule has 1 unspecified atom stereocenters. The maximum Gasteiger partial charge on any atom is 0.156 e. The summed E-state index contributed by atoms with van der Waals surface area (Å²) in [6.45, 7) is 2.33. The topological polar surface area (TPSA) is 30.2 Å². The third-order valence-electron chi connectivity index (χ3n) is 9.69. The van der Waals surface area contributed by atoms with Gasteiger partial charge in [-0.15, -0.1) is 11.3 Å². The monoisotopic (exact) mass is 593 g/mol. The smallest absolute Gasteiger partial charge is 0.156 e. The summed E-state index contributed by atoms with van der Waals surface area (Å²) >= 11 is 1.84. The Morgan fingerprint density at radius 1 is 0.733 bits per heavy atom. The maximum absolute atomic E-state index is 5.31. The Bertz CT molecular complexity index is 2690. The van der Waals surface area contributed by atoms with Crippen LogP contribution < -0.4 is 0 Å². The van der Waals surface area contributed by atoms with Gasteiger partial charge in [-0.3, -0.25) is 9.38 Å². The van der Waals surface area contributed by atoms with E-state index in [2.05, 4.69) is 132 Å². The van der Waals surface area contributed by atoms with Crippen LogP contribution in [0, 0.1) is 0 Å². The lowest BCUT2D eigenvalue weighted by Crippen LogP contribution is -2.00. The van der Waals surface area contributed by atoms with Crippen molar-refractivity contribution in [1.82, 2.24) is 14.4 Å². The summed E-state index contributed by atoms with van der Waals surface area (Å²) in [6, 6.07) is 38.1. The number of allylic oxidation sites excluding steroid dienone is 1. The standard InChI is InChI=1S/C41H27N3S/c1-24-5-4-6-29-20-36-38(21-33(24)29)44-37(22-34-32-7-2-3-8-39(32)45-40(34)41(44)43-36)27-12-9-25(10-13-27)28-15-16-31-30(19-28)14-11-26-17-18-42-23-35(26)31/h2-4,6-24H,5H2,1H3. The lowest BCUT2D eigenvalue weighted by Gasteiger charge is -2.18. The first-order valence-corrected chi connectivity index (χ1v) is 16.4. The van der Waals surface area contributed by atoms with E-state index >= 15 is 0 Å². The van der Waals surface area contributed by atoms with Crippen LogP contribution in [-0.4, -0.2) is 14.4 Å². The minimum Gasteiger partial charge on any atom is -0.291 e. The fourth-order valence-electron chi connectivity index (χ4n) is 7.35.